The van der Waals surface area contributed by atoms with Gasteiger partial charge in [0.2, 0.25) is 0 Å². The fourth-order valence-corrected chi connectivity index (χ4v) is 2.34. The van der Waals surface area contributed by atoms with Crippen molar-refractivity contribution >= 4 is 22.6 Å². The molecule has 2 heterocycles. The Kier molecular flexibility index (Phi) is 2.38. The highest BCUT2D eigenvalue weighted by molar-refractivity contribution is 6.35. The lowest BCUT2D eigenvalue weighted by atomic mass is 10.0. The van der Waals surface area contributed by atoms with E-state index in [0.717, 1.165) is 0 Å². The minimum Gasteiger partial charge on any atom is -0.361 e. The molecule has 92 valence electrons. The number of nitrogens with zero attached hydrogens (tertiary/aromatic N) is 2. The number of benzene rings is 1. The van der Waals surface area contributed by atoms with Crippen molar-refractivity contribution in [2.45, 2.75) is 13.8 Å². The maximum Gasteiger partial charge on any atom is 0.157 e. The minimum atomic E-state index is -0.402. The maximum atomic E-state index is 14.4. The average Bonchev–Trinajstić information content (AvgIpc) is 2.93. The van der Waals surface area contributed by atoms with Crippen molar-refractivity contribution in [2.24, 2.45) is 0 Å². The van der Waals surface area contributed by atoms with Crippen LogP contribution in [-0.4, -0.2) is 15.1 Å². The van der Waals surface area contributed by atoms with E-state index < -0.39 is 5.82 Å². The zero-order valence-corrected chi connectivity index (χ0v) is 10.5. The number of nitrogens with one attached hydrogen (secondary N) is 1. The summed E-state index contributed by atoms with van der Waals surface area (Å²) in [7, 11) is 0. The topological polar surface area (TPSA) is 54.7 Å². The summed E-state index contributed by atoms with van der Waals surface area (Å²) in [6.07, 6.45) is 1.41. The molecule has 0 bridgehead atoms. The molecule has 0 aliphatic carbocycles. The van der Waals surface area contributed by atoms with Gasteiger partial charge < -0.3 is 9.51 Å². The van der Waals surface area contributed by atoms with Gasteiger partial charge in [0.15, 0.2) is 5.82 Å². The largest absolute Gasteiger partial charge is 0.361 e. The van der Waals surface area contributed by atoms with Crippen LogP contribution in [0.2, 0.25) is 5.02 Å². The van der Waals surface area contributed by atoms with Crippen LogP contribution >= 0.6 is 11.6 Å². The molecule has 0 spiro atoms. The van der Waals surface area contributed by atoms with Crippen molar-refractivity contribution in [3.05, 3.63) is 34.7 Å². The van der Waals surface area contributed by atoms with Crippen molar-refractivity contribution in [1.29, 1.82) is 0 Å². The summed E-state index contributed by atoms with van der Waals surface area (Å²) >= 11 is 6.10. The van der Waals surface area contributed by atoms with Crippen LogP contribution in [0.3, 0.4) is 0 Å². The number of halogens is 2. The van der Waals surface area contributed by atoms with Crippen LogP contribution in [0.5, 0.6) is 0 Å². The first-order chi connectivity index (χ1) is 8.59. The first-order valence-electron chi connectivity index (χ1n) is 5.34. The van der Waals surface area contributed by atoms with Gasteiger partial charge in [0, 0.05) is 5.56 Å². The van der Waals surface area contributed by atoms with Gasteiger partial charge in [0.05, 0.1) is 22.6 Å². The molecule has 0 atom stereocenters. The molecule has 3 rings (SSSR count). The van der Waals surface area contributed by atoms with Crippen LogP contribution in [0.15, 0.2) is 16.9 Å². The van der Waals surface area contributed by atoms with Gasteiger partial charge in [-0.2, -0.15) is 0 Å². The van der Waals surface area contributed by atoms with Gasteiger partial charge in [-0.1, -0.05) is 16.8 Å². The van der Waals surface area contributed by atoms with E-state index in [1.165, 1.54) is 6.33 Å². The van der Waals surface area contributed by atoms with Crippen molar-refractivity contribution < 1.29 is 8.91 Å². The van der Waals surface area contributed by atoms with Crippen LogP contribution in [0, 0.1) is 19.7 Å². The third kappa shape index (κ3) is 1.44. The number of hydrogen-bond acceptors (Lipinski definition) is 3. The van der Waals surface area contributed by atoms with E-state index in [0.29, 0.717) is 33.1 Å². The van der Waals surface area contributed by atoms with Gasteiger partial charge in [-0.05, 0) is 19.9 Å². The molecule has 0 saturated heterocycles. The van der Waals surface area contributed by atoms with E-state index in [1.54, 1.807) is 19.9 Å². The molecular formula is C12H9ClFN3O. The van der Waals surface area contributed by atoms with Crippen LogP contribution in [0.25, 0.3) is 22.2 Å². The molecule has 0 amide bonds. The summed E-state index contributed by atoms with van der Waals surface area (Å²) in [4.78, 5) is 6.73. The first-order valence-corrected chi connectivity index (χ1v) is 5.71. The Morgan fingerprint density at radius 2 is 2.17 bits per heavy atom. The number of hydrogen-bond donors (Lipinski definition) is 1. The lowest BCUT2D eigenvalue weighted by Crippen LogP contribution is -1.90. The molecule has 1 aromatic carbocycles. The molecule has 3 aromatic rings. The number of aromatic amines is 1. The summed E-state index contributed by atoms with van der Waals surface area (Å²) in [5.74, 6) is 0.155. The monoisotopic (exact) mass is 265 g/mol. The summed E-state index contributed by atoms with van der Waals surface area (Å²) in [5.41, 5.74) is 2.34. The second-order valence-electron chi connectivity index (χ2n) is 4.05. The Morgan fingerprint density at radius 1 is 1.39 bits per heavy atom. The lowest BCUT2D eigenvalue weighted by molar-refractivity contribution is 0.393. The van der Waals surface area contributed by atoms with Gasteiger partial charge in [0.25, 0.3) is 0 Å². The Morgan fingerprint density at radius 3 is 2.83 bits per heavy atom. The van der Waals surface area contributed by atoms with E-state index >= 15 is 0 Å². The SMILES string of the molecule is Cc1noc(C)c1-c1cc(Cl)c2nc[nH]c2c1F. The number of H-pyrrole nitrogens is 1. The predicted octanol–water partition coefficient (Wildman–Crippen LogP) is 3.63. The molecule has 18 heavy (non-hydrogen) atoms. The number of aromatic nitrogens is 3. The normalized spacial score (nSPS) is 11.3. The quantitative estimate of drug-likeness (QED) is 0.731. The Balaban J connectivity index is 2.40. The van der Waals surface area contributed by atoms with Crippen molar-refractivity contribution in [2.75, 3.05) is 0 Å². The van der Waals surface area contributed by atoms with E-state index in [-0.39, 0.29) is 5.52 Å². The van der Waals surface area contributed by atoms with Crippen LogP contribution < -0.4 is 0 Å². The number of fused-ring (bicyclic) bond motifs is 1. The predicted molar refractivity (Wildman–Crippen MR) is 66.0 cm³/mol. The highest BCUT2D eigenvalue weighted by Gasteiger charge is 2.20. The summed E-state index contributed by atoms with van der Waals surface area (Å²) in [5, 5.41) is 4.21. The highest BCUT2D eigenvalue weighted by atomic mass is 35.5. The molecule has 2 aromatic heterocycles. The molecule has 0 aliphatic heterocycles. The second-order valence-corrected chi connectivity index (χ2v) is 4.45. The molecule has 0 unspecified atom stereocenters. The molecular weight excluding hydrogens is 257 g/mol. The number of aryl methyl sites for hydroxylation is 2. The zero-order chi connectivity index (χ0) is 12.9. The van der Waals surface area contributed by atoms with E-state index in [1.807, 2.05) is 0 Å². The Bertz CT molecular complexity index is 728. The third-order valence-electron chi connectivity index (χ3n) is 2.90. The lowest BCUT2D eigenvalue weighted by Gasteiger charge is -2.04. The molecule has 0 saturated carbocycles. The van der Waals surface area contributed by atoms with Crippen LogP contribution in [-0.2, 0) is 0 Å². The number of rotatable bonds is 1. The minimum absolute atomic E-state index is 0.289. The fraction of sp³-hybridized carbons (Fsp3) is 0.167. The van der Waals surface area contributed by atoms with Gasteiger partial charge in [-0.25, -0.2) is 9.37 Å². The van der Waals surface area contributed by atoms with Crippen LogP contribution in [0.1, 0.15) is 11.5 Å². The smallest absolute Gasteiger partial charge is 0.157 e. The van der Waals surface area contributed by atoms with Gasteiger partial charge >= 0.3 is 0 Å². The zero-order valence-electron chi connectivity index (χ0n) is 9.71. The third-order valence-corrected chi connectivity index (χ3v) is 3.18. The van der Waals surface area contributed by atoms with Crippen molar-refractivity contribution in [3.8, 4) is 11.1 Å². The van der Waals surface area contributed by atoms with Crippen LogP contribution in [0.4, 0.5) is 4.39 Å². The molecule has 0 fully saturated rings. The van der Waals surface area contributed by atoms with Gasteiger partial charge in [-0.3, -0.25) is 0 Å². The average molecular weight is 266 g/mol. The van der Waals surface area contributed by atoms with Crippen molar-refractivity contribution in [3.63, 3.8) is 0 Å². The Labute approximate surface area is 107 Å². The van der Waals surface area contributed by atoms with E-state index in [2.05, 4.69) is 15.1 Å². The van der Waals surface area contributed by atoms with Crippen molar-refractivity contribution in [1.82, 2.24) is 15.1 Å². The number of imidazole rings is 1. The fourth-order valence-electron chi connectivity index (χ4n) is 2.09. The second kappa shape index (κ2) is 3.81. The molecule has 1 N–H and O–H groups in total. The van der Waals surface area contributed by atoms with E-state index in [4.69, 9.17) is 16.1 Å². The molecule has 4 nitrogen and oxygen atoms in total. The van der Waals surface area contributed by atoms with E-state index in [9.17, 15) is 4.39 Å². The molecule has 0 aliphatic rings. The molecule has 0 radical (unpaired) electrons. The maximum absolute atomic E-state index is 14.4. The molecule has 6 heteroatoms. The first kappa shape index (κ1) is 11.2. The highest BCUT2D eigenvalue weighted by Crippen LogP contribution is 2.35. The summed E-state index contributed by atoms with van der Waals surface area (Å²) in [6, 6.07) is 1.55. The summed E-state index contributed by atoms with van der Waals surface area (Å²) in [6.45, 7) is 3.50. The van der Waals surface area contributed by atoms with Gasteiger partial charge in [0.1, 0.15) is 16.8 Å². The standard InChI is InChI=1S/C12H9ClFN3O/c1-5-9(6(2)18-17-5)7-3-8(13)11-12(10(7)14)16-4-15-11/h3-4H,1-2H3,(H,15,16). The Hall–Kier alpha value is -1.88. The summed E-state index contributed by atoms with van der Waals surface area (Å²) < 4.78 is 19.5. The van der Waals surface area contributed by atoms with Gasteiger partial charge in [-0.15, -0.1) is 0 Å².